The maximum atomic E-state index is 5.63. The Bertz CT molecular complexity index is 662. The predicted molar refractivity (Wildman–Crippen MR) is 71.2 cm³/mol. The molecule has 2 heterocycles. The maximum Gasteiger partial charge on any atom is 0.181 e. The highest BCUT2D eigenvalue weighted by Crippen LogP contribution is 2.18. The fourth-order valence-electron chi connectivity index (χ4n) is 1.83. The zero-order valence-corrected chi connectivity index (χ0v) is 10.2. The smallest absolute Gasteiger partial charge is 0.181 e. The Morgan fingerprint density at radius 1 is 1.05 bits per heavy atom. The SMILES string of the molecule is Nc1ccnc(Cc2ccc(-c3cocn3)cc2)n1. The number of nitrogens with zero attached hydrogens (tertiary/aromatic N) is 3. The molecule has 0 saturated carbocycles. The van der Waals surface area contributed by atoms with Gasteiger partial charge in [-0.3, -0.25) is 0 Å². The molecule has 0 spiro atoms. The highest BCUT2D eigenvalue weighted by molar-refractivity contribution is 5.57. The Morgan fingerprint density at radius 3 is 2.58 bits per heavy atom. The van der Waals surface area contributed by atoms with Crippen LogP contribution in [0.15, 0.2) is 53.6 Å². The number of nitrogens with two attached hydrogens (primary N) is 1. The molecule has 0 unspecified atom stereocenters. The van der Waals surface area contributed by atoms with E-state index in [0.29, 0.717) is 18.1 Å². The van der Waals surface area contributed by atoms with Crippen LogP contribution in [0, 0.1) is 0 Å². The molecule has 0 aliphatic heterocycles. The highest BCUT2D eigenvalue weighted by Gasteiger charge is 2.03. The van der Waals surface area contributed by atoms with Crippen molar-refractivity contribution in [3.8, 4) is 11.3 Å². The molecule has 0 amide bonds. The molecule has 3 rings (SSSR count). The van der Waals surface area contributed by atoms with Gasteiger partial charge >= 0.3 is 0 Å². The summed E-state index contributed by atoms with van der Waals surface area (Å²) >= 11 is 0. The molecule has 5 nitrogen and oxygen atoms in total. The van der Waals surface area contributed by atoms with Crippen LogP contribution in [0.25, 0.3) is 11.3 Å². The first-order valence-corrected chi connectivity index (χ1v) is 5.86. The summed E-state index contributed by atoms with van der Waals surface area (Å²) in [7, 11) is 0. The van der Waals surface area contributed by atoms with E-state index in [1.54, 1.807) is 18.5 Å². The normalized spacial score (nSPS) is 10.5. The largest absolute Gasteiger partial charge is 0.451 e. The summed E-state index contributed by atoms with van der Waals surface area (Å²) in [5.41, 5.74) is 8.60. The number of rotatable bonds is 3. The van der Waals surface area contributed by atoms with E-state index in [0.717, 1.165) is 16.8 Å². The van der Waals surface area contributed by atoms with E-state index >= 15 is 0 Å². The second-order valence-electron chi connectivity index (χ2n) is 4.15. The lowest BCUT2D eigenvalue weighted by molar-refractivity contribution is 0.558. The minimum absolute atomic E-state index is 0.490. The van der Waals surface area contributed by atoms with Gasteiger partial charge in [-0.1, -0.05) is 24.3 Å². The van der Waals surface area contributed by atoms with Crippen LogP contribution in [-0.2, 0) is 6.42 Å². The quantitative estimate of drug-likeness (QED) is 0.773. The molecule has 0 aliphatic rings. The molecule has 94 valence electrons. The van der Waals surface area contributed by atoms with Gasteiger partial charge in [0.25, 0.3) is 0 Å². The van der Waals surface area contributed by atoms with Crippen molar-refractivity contribution >= 4 is 5.82 Å². The van der Waals surface area contributed by atoms with E-state index in [1.807, 2.05) is 24.3 Å². The maximum absolute atomic E-state index is 5.63. The van der Waals surface area contributed by atoms with Gasteiger partial charge < -0.3 is 10.2 Å². The first-order chi connectivity index (χ1) is 9.31. The van der Waals surface area contributed by atoms with Crippen LogP contribution in [0.4, 0.5) is 5.82 Å². The van der Waals surface area contributed by atoms with Gasteiger partial charge in [0.05, 0.1) is 0 Å². The van der Waals surface area contributed by atoms with Crippen molar-refractivity contribution in [2.75, 3.05) is 5.73 Å². The van der Waals surface area contributed by atoms with Crippen molar-refractivity contribution in [2.45, 2.75) is 6.42 Å². The van der Waals surface area contributed by atoms with Crippen molar-refractivity contribution in [3.63, 3.8) is 0 Å². The third-order valence-electron chi connectivity index (χ3n) is 2.77. The first-order valence-electron chi connectivity index (χ1n) is 5.86. The van der Waals surface area contributed by atoms with Crippen LogP contribution >= 0.6 is 0 Å². The monoisotopic (exact) mass is 252 g/mol. The summed E-state index contributed by atoms with van der Waals surface area (Å²) in [4.78, 5) is 12.5. The zero-order chi connectivity index (χ0) is 13.1. The Kier molecular flexibility index (Phi) is 2.94. The number of benzene rings is 1. The molecule has 0 radical (unpaired) electrons. The minimum atomic E-state index is 0.490. The fraction of sp³-hybridized carbons (Fsp3) is 0.0714. The molecule has 0 fully saturated rings. The van der Waals surface area contributed by atoms with Gasteiger partial charge in [0.1, 0.15) is 23.6 Å². The molecule has 0 atom stereocenters. The molecule has 19 heavy (non-hydrogen) atoms. The Morgan fingerprint density at radius 2 is 1.89 bits per heavy atom. The lowest BCUT2D eigenvalue weighted by atomic mass is 10.1. The summed E-state index contributed by atoms with van der Waals surface area (Å²) in [5.74, 6) is 1.21. The van der Waals surface area contributed by atoms with Crippen LogP contribution in [-0.4, -0.2) is 15.0 Å². The molecule has 3 aromatic rings. The Balaban J connectivity index is 1.80. The number of aromatic nitrogens is 3. The Labute approximate surface area is 110 Å². The summed E-state index contributed by atoms with van der Waals surface area (Å²) in [6.07, 6.45) is 5.37. The zero-order valence-electron chi connectivity index (χ0n) is 10.2. The molecule has 5 heteroatoms. The third-order valence-corrected chi connectivity index (χ3v) is 2.77. The van der Waals surface area contributed by atoms with Gasteiger partial charge in [-0.15, -0.1) is 0 Å². The van der Waals surface area contributed by atoms with Crippen LogP contribution in [0.3, 0.4) is 0 Å². The average molecular weight is 252 g/mol. The second kappa shape index (κ2) is 4.89. The van der Waals surface area contributed by atoms with Gasteiger partial charge in [0.15, 0.2) is 6.39 Å². The molecule has 1 aromatic carbocycles. The van der Waals surface area contributed by atoms with E-state index < -0.39 is 0 Å². The minimum Gasteiger partial charge on any atom is -0.451 e. The van der Waals surface area contributed by atoms with Crippen LogP contribution in [0.5, 0.6) is 0 Å². The van der Waals surface area contributed by atoms with E-state index in [2.05, 4.69) is 15.0 Å². The highest BCUT2D eigenvalue weighted by atomic mass is 16.3. The molecule has 0 bridgehead atoms. The van der Waals surface area contributed by atoms with Gasteiger partial charge in [0.2, 0.25) is 0 Å². The van der Waals surface area contributed by atoms with Crippen molar-refractivity contribution < 1.29 is 4.42 Å². The summed E-state index contributed by atoms with van der Waals surface area (Å²) < 4.78 is 4.96. The lowest BCUT2D eigenvalue weighted by Crippen LogP contribution is -1.99. The van der Waals surface area contributed by atoms with Crippen LogP contribution < -0.4 is 5.73 Å². The number of hydrogen-bond acceptors (Lipinski definition) is 5. The molecule has 2 aromatic heterocycles. The van der Waals surface area contributed by atoms with Crippen molar-refractivity contribution in [1.82, 2.24) is 15.0 Å². The molecule has 0 saturated heterocycles. The summed E-state index contributed by atoms with van der Waals surface area (Å²) in [6, 6.07) is 9.73. The Hall–Kier alpha value is -2.69. The summed E-state index contributed by atoms with van der Waals surface area (Å²) in [5, 5.41) is 0. The van der Waals surface area contributed by atoms with Gasteiger partial charge in [0, 0.05) is 18.2 Å². The topological polar surface area (TPSA) is 77.8 Å². The number of nitrogen functional groups attached to an aromatic ring is 1. The van der Waals surface area contributed by atoms with Gasteiger partial charge in [-0.25, -0.2) is 15.0 Å². The summed E-state index contributed by atoms with van der Waals surface area (Å²) in [6.45, 7) is 0. The predicted octanol–water partition coefficient (Wildman–Crippen LogP) is 2.30. The number of anilines is 1. The van der Waals surface area contributed by atoms with Gasteiger partial charge in [-0.2, -0.15) is 0 Å². The van der Waals surface area contributed by atoms with E-state index in [1.165, 1.54) is 6.39 Å². The first kappa shape index (κ1) is 11.4. The van der Waals surface area contributed by atoms with Crippen molar-refractivity contribution in [3.05, 3.63) is 60.6 Å². The molecular formula is C14H12N4O. The molecule has 0 aliphatic carbocycles. The number of oxazole rings is 1. The van der Waals surface area contributed by atoms with Gasteiger partial charge in [-0.05, 0) is 11.6 Å². The van der Waals surface area contributed by atoms with Crippen molar-refractivity contribution in [2.24, 2.45) is 0 Å². The molecule has 2 N–H and O–H groups in total. The van der Waals surface area contributed by atoms with E-state index in [4.69, 9.17) is 10.2 Å². The van der Waals surface area contributed by atoms with E-state index in [-0.39, 0.29) is 0 Å². The van der Waals surface area contributed by atoms with Crippen LogP contribution in [0.2, 0.25) is 0 Å². The fourth-order valence-corrected chi connectivity index (χ4v) is 1.83. The average Bonchev–Trinajstić information content (AvgIpc) is 2.94. The number of hydrogen-bond donors (Lipinski definition) is 1. The van der Waals surface area contributed by atoms with E-state index in [9.17, 15) is 0 Å². The standard InChI is InChI=1S/C14H12N4O/c15-13-5-6-16-14(18-13)7-10-1-3-11(4-2-10)12-8-19-9-17-12/h1-6,8-9H,7H2,(H2,15,16,18). The molecular weight excluding hydrogens is 240 g/mol. The van der Waals surface area contributed by atoms with Crippen LogP contribution in [0.1, 0.15) is 11.4 Å². The van der Waals surface area contributed by atoms with Crippen molar-refractivity contribution in [1.29, 1.82) is 0 Å². The second-order valence-corrected chi connectivity index (χ2v) is 4.15. The lowest BCUT2D eigenvalue weighted by Gasteiger charge is -2.02. The third kappa shape index (κ3) is 2.60.